The summed E-state index contributed by atoms with van der Waals surface area (Å²) in [6, 6.07) is 3.93. The van der Waals surface area contributed by atoms with Gasteiger partial charge in [-0.3, -0.25) is 4.79 Å². The fourth-order valence-corrected chi connectivity index (χ4v) is 1.70. The first-order valence-corrected chi connectivity index (χ1v) is 5.09. The zero-order valence-corrected chi connectivity index (χ0v) is 8.59. The Bertz CT molecular complexity index is 399. The number of carbonyl (C=O) groups is 1. The molecule has 16 heavy (non-hydrogen) atoms. The SMILES string of the molecule is O=C1CNC(Cc2ccc(F)c(F)c2)CN1. The first-order valence-electron chi connectivity index (χ1n) is 5.09. The number of carbonyl (C=O) groups excluding carboxylic acids is 1. The van der Waals surface area contributed by atoms with E-state index in [2.05, 4.69) is 10.6 Å². The number of benzene rings is 1. The van der Waals surface area contributed by atoms with Crippen molar-refractivity contribution in [2.75, 3.05) is 13.1 Å². The van der Waals surface area contributed by atoms with Crippen LogP contribution in [-0.2, 0) is 11.2 Å². The molecular formula is C11H12F2N2O. The lowest BCUT2D eigenvalue weighted by Gasteiger charge is -2.24. The molecule has 1 saturated heterocycles. The van der Waals surface area contributed by atoms with E-state index in [4.69, 9.17) is 0 Å². The Labute approximate surface area is 91.8 Å². The van der Waals surface area contributed by atoms with E-state index in [-0.39, 0.29) is 18.5 Å². The molecule has 0 aromatic heterocycles. The van der Waals surface area contributed by atoms with Gasteiger partial charge in [-0.15, -0.1) is 0 Å². The minimum atomic E-state index is -0.839. The van der Waals surface area contributed by atoms with Crippen LogP contribution in [0.3, 0.4) is 0 Å². The third-order valence-electron chi connectivity index (χ3n) is 2.56. The smallest absolute Gasteiger partial charge is 0.234 e. The lowest BCUT2D eigenvalue weighted by atomic mass is 10.0. The Morgan fingerprint density at radius 2 is 2.12 bits per heavy atom. The van der Waals surface area contributed by atoms with Gasteiger partial charge in [0.15, 0.2) is 11.6 Å². The predicted molar refractivity (Wildman–Crippen MR) is 54.9 cm³/mol. The second-order valence-electron chi connectivity index (χ2n) is 3.83. The van der Waals surface area contributed by atoms with Crippen molar-refractivity contribution in [3.05, 3.63) is 35.4 Å². The van der Waals surface area contributed by atoms with Crippen LogP contribution in [0.5, 0.6) is 0 Å². The standard InChI is InChI=1S/C11H12F2N2O/c12-9-2-1-7(4-10(9)13)3-8-5-15-11(16)6-14-8/h1-2,4,8,14H,3,5-6H2,(H,15,16). The van der Waals surface area contributed by atoms with Gasteiger partial charge in [-0.2, -0.15) is 0 Å². The summed E-state index contributed by atoms with van der Waals surface area (Å²) >= 11 is 0. The molecule has 1 fully saturated rings. The second kappa shape index (κ2) is 4.57. The summed E-state index contributed by atoms with van der Waals surface area (Å²) in [6.45, 7) is 0.784. The highest BCUT2D eigenvalue weighted by Gasteiger charge is 2.17. The minimum absolute atomic E-state index is 0.0402. The molecule has 0 aliphatic carbocycles. The molecule has 0 radical (unpaired) electrons. The highest BCUT2D eigenvalue weighted by atomic mass is 19.2. The van der Waals surface area contributed by atoms with Gasteiger partial charge < -0.3 is 10.6 Å². The van der Waals surface area contributed by atoms with Crippen LogP contribution in [0.4, 0.5) is 8.78 Å². The van der Waals surface area contributed by atoms with Crippen LogP contribution in [0.15, 0.2) is 18.2 Å². The van der Waals surface area contributed by atoms with E-state index in [1.807, 2.05) is 0 Å². The molecule has 1 heterocycles. The van der Waals surface area contributed by atoms with Crippen LogP contribution in [0.1, 0.15) is 5.56 Å². The molecule has 0 saturated carbocycles. The number of hydrogen-bond donors (Lipinski definition) is 2. The molecule has 2 N–H and O–H groups in total. The Hall–Kier alpha value is -1.49. The van der Waals surface area contributed by atoms with Crippen LogP contribution in [0.25, 0.3) is 0 Å². The van der Waals surface area contributed by atoms with Crippen LogP contribution >= 0.6 is 0 Å². The molecular weight excluding hydrogens is 214 g/mol. The average molecular weight is 226 g/mol. The highest BCUT2D eigenvalue weighted by Crippen LogP contribution is 2.10. The summed E-state index contributed by atoms with van der Waals surface area (Å²) in [5.74, 6) is -1.72. The maximum Gasteiger partial charge on any atom is 0.234 e. The van der Waals surface area contributed by atoms with Gasteiger partial charge in [0.2, 0.25) is 5.91 Å². The molecule has 1 aliphatic rings. The lowest BCUT2D eigenvalue weighted by Crippen LogP contribution is -2.52. The van der Waals surface area contributed by atoms with Crippen LogP contribution in [0.2, 0.25) is 0 Å². The third-order valence-corrected chi connectivity index (χ3v) is 2.56. The van der Waals surface area contributed by atoms with Gasteiger partial charge >= 0.3 is 0 Å². The first-order chi connectivity index (χ1) is 7.65. The predicted octanol–water partition coefficient (Wildman–Crippen LogP) is 0.595. The fraction of sp³-hybridized carbons (Fsp3) is 0.364. The monoisotopic (exact) mass is 226 g/mol. The van der Waals surface area contributed by atoms with Crippen LogP contribution < -0.4 is 10.6 Å². The van der Waals surface area contributed by atoms with E-state index in [0.717, 1.165) is 6.07 Å². The van der Waals surface area contributed by atoms with E-state index in [0.29, 0.717) is 18.5 Å². The number of amides is 1. The van der Waals surface area contributed by atoms with Gasteiger partial charge in [0.1, 0.15) is 0 Å². The van der Waals surface area contributed by atoms with Gasteiger partial charge in [-0.1, -0.05) is 6.07 Å². The van der Waals surface area contributed by atoms with Gasteiger partial charge in [-0.05, 0) is 24.1 Å². The van der Waals surface area contributed by atoms with Crippen LogP contribution in [0, 0.1) is 11.6 Å². The molecule has 5 heteroatoms. The largest absolute Gasteiger partial charge is 0.353 e. The van der Waals surface area contributed by atoms with Crippen molar-refractivity contribution < 1.29 is 13.6 Å². The van der Waals surface area contributed by atoms with Crippen molar-refractivity contribution in [1.29, 1.82) is 0 Å². The van der Waals surface area contributed by atoms with Gasteiger partial charge in [0, 0.05) is 12.6 Å². The molecule has 0 bridgehead atoms. The molecule has 86 valence electrons. The van der Waals surface area contributed by atoms with Crippen molar-refractivity contribution in [2.24, 2.45) is 0 Å². The number of rotatable bonds is 2. The van der Waals surface area contributed by atoms with Crippen molar-refractivity contribution >= 4 is 5.91 Å². The van der Waals surface area contributed by atoms with Crippen molar-refractivity contribution in [3.63, 3.8) is 0 Å². The minimum Gasteiger partial charge on any atom is -0.353 e. The van der Waals surface area contributed by atoms with Crippen molar-refractivity contribution in [1.82, 2.24) is 10.6 Å². The van der Waals surface area contributed by atoms with Crippen molar-refractivity contribution in [3.8, 4) is 0 Å². The Kier molecular flexibility index (Phi) is 3.14. The Balaban J connectivity index is 1.98. The van der Waals surface area contributed by atoms with Gasteiger partial charge in [0.25, 0.3) is 0 Å². The Morgan fingerprint density at radius 3 is 2.75 bits per heavy atom. The molecule has 1 atom stereocenters. The van der Waals surface area contributed by atoms with E-state index in [1.54, 1.807) is 6.07 Å². The molecule has 1 unspecified atom stereocenters. The quantitative estimate of drug-likeness (QED) is 0.775. The van der Waals surface area contributed by atoms with Crippen LogP contribution in [-0.4, -0.2) is 25.0 Å². The Morgan fingerprint density at radius 1 is 1.31 bits per heavy atom. The average Bonchev–Trinajstić information content (AvgIpc) is 2.27. The lowest BCUT2D eigenvalue weighted by molar-refractivity contribution is -0.121. The zero-order valence-electron chi connectivity index (χ0n) is 8.59. The highest BCUT2D eigenvalue weighted by molar-refractivity contribution is 5.78. The van der Waals surface area contributed by atoms with Gasteiger partial charge in [0.05, 0.1) is 6.54 Å². The summed E-state index contributed by atoms with van der Waals surface area (Å²) < 4.78 is 25.6. The summed E-state index contributed by atoms with van der Waals surface area (Å²) in [5.41, 5.74) is 0.715. The number of piperazine rings is 1. The van der Waals surface area contributed by atoms with E-state index in [1.165, 1.54) is 6.07 Å². The molecule has 0 spiro atoms. The maximum absolute atomic E-state index is 12.9. The second-order valence-corrected chi connectivity index (χ2v) is 3.83. The molecule has 1 aromatic rings. The maximum atomic E-state index is 12.9. The third kappa shape index (κ3) is 2.55. The van der Waals surface area contributed by atoms with E-state index < -0.39 is 11.6 Å². The molecule has 1 aromatic carbocycles. The first kappa shape index (κ1) is 11.0. The number of nitrogens with one attached hydrogen (secondary N) is 2. The van der Waals surface area contributed by atoms with Crippen molar-refractivity contribution in [2.45, 2.75) is 12.5 Å². The van der Waals surface area contributed by atoms with Gasteiger partial charge in [-0.25, -0.2) is 8.78 Å². The topological polar surface area (TPSA) is 41.1 Å². The fourth-order valence-electron chi connectivity index (χ4n) is 1.70. The van der Waals surface area contributed by atoms with E-state index in [9.17, 15) is 13.6 Å². The molecule has 3 nitrogen and oxygen atoms in total. The zero-order chi connectivity index (χ0) is 11.5. The summed E-state index contributed by atoms with van der Waals surface area (Å²) in [5, 5.41) is 5.73. The summed E-state index contributed by atoms with van der Waals surface area (Å²) in [4.78, 5) is 10.9. The summed E-state index contributed by atoms with van der Waals surface area (Å²) in [7, 11) is 0. The number of hydrogen-bond acceptors (Lipinski definition) is 2. The molecule has 1 aliphatic heterocycles. The molecule has 2 rings (SSSR count). The molecule has 1 amide bonds. The van der Waals surface area contributed by atoms with E-state index >= 15 is 0 Å². The number of halogens is 2. The summed E-state index contributed by atoms with van der Waals surface area (Å²) in [6.07, 6.45) is 0.567. The normalized spacial score (nSPS) is 20.6.